The van der Waals surface area contributed by atoms with Crippen molar-refractivity contribution in [2.24, 2.45) is 16.9 Å². The second-order valence-electron chi connectivity index (χ2n) is 6.76. The number of nitrogens with zero attached hydrogens (tertiary/aromatic N) is 2. The third-order valence-electron chi connectivity index (χ3n) is 5.35. The van der Waals surface area contributed by atoms with E-state index in [4.69, 9.17) is 5.10 Å². The Kier molecular flexibility index (Phi) is 4.95. The van der Waals surface area contributed by atoms with E-state index in [9.17, 15) is 0 Å². The predicted molar refractivity (Wildman–Crippen MR) is 90.8 cm³/mol. The Bertz CT molecular complexity index is 450. The summed E-state index contributed by atoms with van der Waals surface area (Å²) in [7, 11) is 2.07. The Balaban J connectivity index is 1.54. The second kappa shape index (κ2) is 7.11. The molecule has 1 aromatic carbocycles. The molecule has 2 nitrogen and oxygen atoms in total. The lowest BCUT2D eigenvalue weighted by molar-refractivity contribution is 0.221. The van der Waals surface area contributed by atoms with Crippen LogP contribution in [0.3, 0.4) is 0 Å². The van der Waals surface area contributed by atoms with E-state index in [1.165, 1.54) is 69.2 Å². The summed E-state index contributed by atoms with van der Waals surface area (Å²) < 4.78 is 0. The smallest absolute Gasteiger partial charge is 0.0590 e. The van der Waals surface area contributed by atoms with Crippen LogP contribution in [0.5, 0.6) is 0 Å². The van der Waals surface area contributed by atoms with Crippen LogP contribution in [0.4, 0.5) is 5.69 Å². The monoisotopic (exact) mass is 284 g/mol. The van der Waals surface area contributed by atoms with Gasteiger partial charge in [0.15, 0.2) is 0 Å². The minimum atomic E-state index is 0.978. The van der Waals surface area contributed by atoms with Crippen LogP contribution in [0.2, 0.25) is 0 Å². The van der Waals surface area contributed by atoms with Gasteiger partial charge >= 0.3 is 0 Å². The summed E-state index contributed by atoms with van der Waals surface area (Å²) in [5, 5.41) is 6.87. The van der Waals surface area contributed by atoms with E-state index in [2.05, 4.69) is 37.4 Å². The number of anilines is 1. The first-order valence-electron chi connectivity index (χ1n) is 8.68. The molecule has 21 heavy (non-hydrogen) atoms. The molecule has 0 aliphatic heterocycles. The van der Waals surface area contributed by atoms with E-state index in [-0.39, 0.29) is 0 Å². The van der Waals surface area contributed by atoms with Crippen LogP contribution >= 0.6 is 0 Å². The van der Waals surface area contributed by atoms with Gasteiger partial charge in [0.2, 0.25) is 0 Å². The molecule has 0 spiro atoms. The van der Waals surface area contributed by atoms with Crippen molar-refractivity contribution in [1.82, 2.24) is 0 Å². The summed E-state index contributed by atoms with van der Waals surface area (Å²) in [5.74, 6) is 2.00. The van der Waals surface area contributed by atoms with Gasteiger partial charge in [-0.05, 0) is 49.7 Å². The van der Waals surface area contributed by atoms with E-state index >= 15 is 0 Å². The standard InChI is InChI=1S/C19H28N2/c1-21(19-10-6-3-7-11-19)20-18-14-12-17(13-15-18)16-8-4-2-5-9-16/h3,6-7,10-11,16-17H,2,4-5,8-9,12-15H2,1H3. The molecule has 0 atom stereocenters. The summed E-state index contributed by atoms with van der Waals surface area (Å²) in [4.78, 5) is 0. The molecular formula is C19H28N2. The normalized spacial score (nSPS) is 23.9. The topological polar surface area (TPSA) is 15.6 Å². The van der Waals surface area contributed by atoms with Crippen LogP contribution in [-0.2, 0) is 0 Å². The molecule has 0 amide bonds. The molecule has 2 saturated carbocycles. The van der Waals surface area contributed by atoms with Gasteiger partial charge in [-0.2, -0.15) is 5.10 Å². The molecule has 0 aromatic heterocycles. The number of hydrogen-bond acceptors (Lipinski definition) is 2. The molecule has 0 saturated heterocycles. The third kappa shape index (κ3) is 3.87. The SMILES string of the molecule is CN(N=C1CCC(C2CCCCC2)CC1)c1ccccc1. The predicted octanol–water partition coefficient (Wildman–Crippen LogP) is 5.25. The average Bonchev–Trinajstić information content (AvgIpc) is 2.57. The van der Waals surface area contributed by atoms with Crippen molar-refractivity contribution in [3.63, 3.8) is 0 Å². The zero-order chi connectivity index (χ0) is 14.5. The highest BCUT2D eigenvalue weighted by molar-refractivity contribution is 5.85. The molecule has 2 aliphatic rings. The fraction of sp³-hybridized carbons (Fsp3) is 0.632. The number of rotatable bonds is 3. The van der Waals surface area contributed by atoms with Crippen molar-refractivity contribution < 1.29 is 0 Å². The fourth-order valence-corrected chi connectivity index (χ4v) is 4.06. The molecule has 2 heteroatoms. The molecule has 0 N–H and O–H groups in total. The van der Waals surface area contributed by atoms with Gasteiger partial charge in [-0.1, -0.05) is 50.3 Å². The molecule has 1 aromatic rings. The van der Waals surface area contributed by atoms with Crippen LogP contribution in [-0.4, -0.2) is 12.8 Å². The Morgan fingerprint density at radius 3 is 2.14 bits per heavy atom. The van der Waals surface area contributed by atoms with Gasteiger partial charge in [-0.3, -0.25) is 5.01 Å². The summed E-state index contributed by atoms with van der Waals surface area (Å²) in [6.45, 7) is 0. The Labute approximate surface area is 129 Å². The van der Waals surface area contributed by atoms with Crippen LogP contribution in [0.1, 0.15) is 57.8 Å². The van der Waals surface area contributed by atoms with Gasteiger partial charge in [0.1, 0.15) is 0 Å². The lowest BCUT2D eigenvalue weighted by atomic mass is 9.73. The summed E-state index contributed by atoms with van der Waals surface area (Å²) in [6, 6.07) is 10.5. The number of hydrazone groups is 1. The van der Waals surface area contributed by atoms with E-state index in [0.29, 0.717) is 0 Å². The fourth-order valence-electron chi connectivity index (χ4n) is 4.06. The van der Waals surface area contributed by atoms with Crippen LogP contribution in [0, 0.1) is 11.8 Å². The summed E-state index contributed by atoms with van der Waals surface area (Å²) in [6.07, 6.45) is 12.5. The molecule has 0 radical (unpaired) electrons. The van der Waals surface area contributed by atoms with Crippen molar-refractivity contribution in [1.29, 1.82) is 0 Å². The largest absolute Gasteiger partial charge is 0.269 e. The van der Waals surface area contributed by atoms with E-state index in [1.807, 2.05) is 5.01 Å². The summed E-state index contributed by atoms with van der Waals surface area (Å²) >= 11 is 0. The number of benzene rings is 1. The molecule has 0 heterocycles. The molecule has 114 valence electrons. The van der Waals surface area contributed by atoms with Crippen LogP contribution in [0.15, 0.2) is 35.4 Å². The first-order valence-corrected chi connectivity index (χ1v) is 8.68. The van der Waals surface area contributed by atoms with Gasteiger partial charge in [-0.15, -0.1) is 0 Å². The first kappa shape index (κ1) is 14.6. The second-order valence-corrected chi connectivity index (χ2v) is 6.76. The van der Waals surface area contributed by atoms with Gasteiger partial charge in [0.05, 0.1) is 5.69 Å². The number of hydrogen-bond donors (Lipinski definition) is 0. The van der Waals surface area contributed by atoms with E-state index < -0.39 is 0 Å². The van der Waals surface area contributed by atoms with Crippen molar-refractivity contribution in [3.8, 4) is 0 Å². The maximum absolute atomic E-state index is 4.84. The van der Waals surface area contributed by atoms with Crippen molar-refractivity contribution in [2.45, 2.75) is 57.8 Å². The van der Waals surface area contributed by atoms with Gasteiger partial charge < -0.3 is 0 Å². The molecular weight excluding hydrogens is 256 g/mol. The minimum absolute atomic E-state index is 0.978. The Hall–Kier alpha value is -1.31. The molecule has 0 unspecified atom stereocenters. The van der Waals surface area contributed by atoms with Crippen LogP contribution < -0.4 is 5.01 Å². The highest BCUT2D eigenvalue weighted by atomic mass is 15.4. The van der Waals surface area contributed by atoms with Crippen molar-refractivity contribution in [3.05, 3.63) is 30.3 Å². The van der Waals surface area contributed by atoms with E-state index in [0.717, 1.165) is 11.8 Å². The average molecular weight is 284 g/mol. The zero-order valence-corrected chi connectivity index (χ0v) is 13.3. The van der Waals surface area contributed by atoms with Crippen molar-refractivity contribution >= 4 is 11.4 Å². The van der Waals surface area contributed by atoms with Crippen molar-refractivity contribution in [2.75, 3.05) is 12.1 Å². The lowest BCUT2D eigenvalue weighted by Gasteiger charge is -2.33. The Morgan fingerprint density at radius 1 is 0.857 bits per heavy atom. The molecule has 2 aliphatic carbocycles. The Morgan fingerprint density at radius 2 is 1.48 bits per heavy atom. The quantitative estimate of drug-likeness (QED) is 0.692. The molecule has 3 rings (SSSR count). The third-order valence-corrected chi connectivity index (χ3v) is 5.35. The molecule has 0 bridgehead atoms. The first-order chi connectivity index (χ1) is 10.3. The minimum Gasteiger partial charge on any atom is -0.269 e. The molecule has 2 fully saturated rings. The number of para-hydroxylation sites is 1. The lowest BCUT2D eigenvalue weighted by Crippen LogP contribution is -2.25. The van der Waals surface area contributed by atoms with Gasteiger partial charge in [0.25, 0.3) is 0 Å². The highest BCUT2D eigenvalue weighted by Crippen LogP contribution is 2.37. The van der Waals surface area contributed by atoms with Gasteiger partial charge in [0, 0.05) is 12.8 Å². The highest BCUT2D eigenvalue weighted by Gasteiger charge is 2.27. The zero-order valence-electron chi connectivity index (χ0n) is 13.3. The van der Waals surface area contributed by atoms with Crippen LogP contribution in [0.25, 0.3) is 0 Å². The van der Waals surface area contributed by atoms with Gasteiger partial charge in [-0.25, -0.2) is 0 Å². The van der Waals surface area contributed by atoms with E-state index in [1.54, 1.807) is 0 Å². The maximum atomic E-state index is 4.84. The summed E-state index contributed by atoms with van der Waals surface area (Å²) in [5.41, 5.74) is 2.58. The maximum Gasteiger partial charge on any atom is 0.0590 e.